The Hall–Kier alpha value is -1.05. The molecule has 4 aliphatic rings. The SMILES string of the molecule is C[C@H]1CC[C@]2(C)C3CC[C@]4(C)[C@@H](c5ccc(=O)oc5)CC[C@@H]4C3CC[C@@H]2C1. The van der Waals surface area contributed by atoms with Gasteiger partial charge in [0.05, 0.1) is 6.26 Å². The van der Waals surface area contributed by atoms with E-state index in [4.69, 9.17) is 4.42 Å². The third-order valence-corrected chi connectivity index (χ3v) is 10.1. The lowest BCUT2D eigenvalue weighted by Gasteiger charge is -2.61. The molecule has 4 aliphatic carbocycles. The first kappa shape index (κ1) is 18.0. The van der Waals surface area contributed by atoms with E-state index >= 15 is 0 Å². The molecule has 2 unspecified atom stereocenters. The molecule has 5 rings (SSSR count). The van der Waals surface area contributed by atoms with Crippen LogP contribution in [0, 0.1) is 40.4 Å². The van der Waals surface area contributed by atoms with Gasteiger partial charge in [0.1, 0.15) is 0 Å². The molecule has 0 amide bonds. The molecule has 0 N–H and O–H groups in total. The van der Waals surface area contributed by atoms with Gasteiger partial charge in [-0.25, -0.2) is 4.79 Å². The summed E-state index contributed by atoms with van der Waals surface area (Å²) in [5.41, 5.74) is 2.05. The fourth-order valence-electron chi connectivity index (χ4n) is 8.59. The van der Waals surface area contributed by atoms with Gasteiger partial charge >= 0.3 is 5.63 Å². The predicted octanol–water partition coefficient (Wildman–Crippen LogP) is 6.40. The summed E-state index contributed by atoms with van der Waals surface area (Å²) in [6, 6.07) is 3.66. The second-order valence-electron chi connectivity index (χ2n) is 11.1. The van der Waals surface area contributed by atoms with E-state index in [1.165, 1.54) is 63.4 Å². The third-order valence-electron chi connectivity index (χ3n) is 10.1. The van der Waals surface area contributed by atoms with Gasteiger partial charge in [0.2, 0.25) is 0 Å². The molecule has 0 spiro atoms. The normalized spacial score (nSPS) is 49.1. The van der Waals surface area contributed by atoms with Crippen LogP contribution in [0.4, 0.5) is 0 Å². The molecule has 4 saturated carbocycles. The molecule has 27 heavy (non-hydrogen) atoms. The largest absolute Gasteiger partial charge is 0.431 e. The quantitative estimate of drug-likeness (QED) is 0.574. The van der Waals surface area contributed by atoms with Gasteiger partial charge in [-0.3, -0.25) is 0 Å². The molecule has 1 aromatic heterocycles. The van der Waals surface area contributed by atoms with Crippen molar-refractivity contribution in [2.24, 2.45) is 40.4 Å². The molecule has 4 fully saturated rings. The molecule has 1 aromatic rings. The Balaban J connectivity index is 1.43. The summed E-state index contributed by atoms with van der Waals surface area (Å²) in [5.74, 6) is 5.24. The van der Waals surface area contributed by atoms with Crippen molar-refractivity contribution in [1.29, 1.82) is 0 Å². The molecule has 1 heterocycles. The Morgan fingerprint density at radius 3 is 2.48 bits per heavy atom. The van der Waals surface area contributed by atoms with Crippen molar-refractivity contribution < 1.29 is 4.42 Å². The Morgan fingerprint density at radius 1 is 0.926 bits per heavy atom. The Bertz CT molecular complexity index is 745. The summed E-state index contributed by atoms with van der Waals surface area (Å²) in [4.78, 5) is 11.4. The highest BCUT2D eigenvalue weighted by atomic mass is 16.4. The van der Waals surface area contributed by atoms with Gasteiger partial charge in [0.15, 0.2) is 0 Å². The van der Waals surface area contributed by atoms with E-state index in [-0.39, 0.29) is 5.63 Å². The van der Waals surface area contributed by atoms with Crippen LogP contribution >= 0.6 is 0 Å². The number of hydrogen-bond acceptors (Lipinski definition) is 2. The van der Waals surface area contributed by atoms with Crippen molar-refractivity contribution in [2.75, 3.05) is 0 Å². The number of fused-ring (bicyclic) bond motifs is 5. The highest BCUT2D eigenvalue weighted by Crippen LogP contribution is 2.69. The highest BCUT2D eigenvalue weighted by Gasteiger charge is 2.60. The maximum absolute atomic E-state index is 11.4. The molecule has 148 valence electrons. The van der Waals surface area contributed by atoms with Crippen molar-refractivity contribution in [1.82, 2.24) is 0 Å². The molecule has 0 saturated heterocycles. The van der Waals surface area contributed by atoms with Gasteiger partial charge in [-0.2, -0.15) is 0 Å². The van der Waals surface area contributed by atoms with Crippen LogP contribution in [0.2, 0.25) is 0 Å². The van der Waals surface area contributed by atoms with Crippen LogP contribution in [0.15, 0.2) is 27.6 Å². The first-order valence-electron chi connectivity index (χ1n) is 11.5. The topological polar surface area (TPSA) is 30.2 Å². The van der Waals surface area contributed by atoms with Gasteiger partial charge in [-0.1, -0.05) is 27.2 Å². The summed E-state index contributed by atoms with van der Waals surface area (Å²) >= 11 is 0. The number of rotatable bonds is 1. The summed E-state index contributed by atoms with van der Waals surface area (Å²) < 4.78 is 5.24. The Labute approximate surface area is 164 Å². The van der Waals surface area contributed by atoms with Crippen molar-refractivity contribution in [3.63, 3.8) is 0 Å². The van der Waals surface area contributed by atoms with Crippen LogP contribution in [-0.4, -0.2) is 0 Å². The summed E-state index contributed by atoms with van der Waals surface area (Å²) in [5, 5.41) is 0. The minimum Gasteiger partial charge on any atom is -0.431 e. The van der Waals surface area contributed by atoms with Crippen molar-refractivity contribution in [3.05, 3.63) is 34.4 Å². The van der Waals surface area contributed by atoms with Gasteiger partial charge in [0.25, 0.3) is 0 Å². The second kappa shape index (κ2) is 6.22. The zero-order valence-electron chi connectivity index (χ0n) is 17.4. The standard InChI is InChI=1S/C25H36O2/c1-16-10-12-24(2)18(14-16)5-6-19-21-8-7-20(17-4-9-23(26)27-15-17)25(21,3)13-11-22(19)24/h4,9,15-16,18-22H,5-8,10-14H2,1-3H3/t16-,18+,19?,20+,21+,22?,24-,25+/m0/s1. The molecule has 0 bridgehead atoms. The predicted molar refractivity (Wildman–Crippen MR) is 109 cm³/mol. The minimum atomic E-state index is -0.222. The van der Waals surface area contributed by atoms with E-state index < -0.39 is 0 Å². The van der Waals surface area contributed by atoms with Crippen LogP contribution in [0.3, 0.4) is 0 Å². The van der Waals surface area contributed by atoms with E-state index in [9.17, 15) is 4.79 Å². The average molecular weight is 369 g/mol. The molecule has 2 nitrogen and oxygen atoms in total. The van der Waals surface area contributed by atoms with Crippen LogP contribution in [-0.2, 0) is 0 Å². The average Bonchev–Trinajstić information content (AvgIpc) is 3.00. The molecule has 0 aliphatic heterocycles. The second-order valence-corrected chi connectivity index (χ2v) is 11.1. The van der Waals surface area contributed by atoms with E-state index in [0.29, 0.717) is 16.7 Å². The molecular weight excluding hydrogens is 332 g/mol. The summed E-state index contributed by atoms with van der Waals surface area (Å²) in [6.45, 7) is 7.71. The monoisotopic (exact) mass is 368 g/mol. The van der Waals surface area contributed by atoms with Crippen molar-refractivity contribution in [2.45, 2.75) is 84.5 Å². The van der Waals surface area contributed by atoms with E-state index in [2.05, 4.69) is 20.8 Å². The molecule has 0 radical (unpaired) electrons. The molecule has 0 aromatic carbocycles. The highest BCUT2D eigenvalue weighted by molar-refractivity contribution is 5.22. The van der Waals surface area contributed by atoms with E-state index in [1.54, 1.807) is 12.3 Å². The van der Waals surface area contributed by atoms with E-state index in [1.807, 2.05) is 6.07 Å². The maximum atomic E-state index is 11.4. The maximum Gasteiger partial charge on any atom is 0.335 e. The lowest BCUT2D eigenvalue weighted by molar-refractivity contribution is -0.112. The van der Waals surface area contributed by atoms with Crippen LogP contribution in [0.25, 0.3) is 0 Å². The summed E-state index contributed by atoms with van der Waals surface area (Å²) in [7, 11) is 0. The van der Waals surface area contributed by atoms with E-state index in [0.717, 1.165) is 29.6 Å². The Morgan fingerprint density at radius 2 is 1.70 bits per heavy atom. The lowest BCUT2D eigenvalue weighted by Crippen LogP contribution is -2.53. The van der Waals surface area contributed by atoms with Gasteiger partial charge in [-0.15, -0.1) is 0 Å². The molecular formula is C25H36O2. The van der Waals surface area contributed by atoms with Crippen LogP contribution < -0.4 is 5.63 Å². The van der Waals surface area contributed by atoms with Gasteiger partial charge in [0, 0.05) is 6.07 Å². The first-order valence-corrected chi connectivity index (χ1v) is 11.5. The van der Waals surface area contributed by atoms with Crippen molar-refractivity contribution >= 4 is 0 Å². The van der Waals surface area contributed by atoms with Crippen LogP contribution in [0.1, 0.15) is 90.0 Å². The Kier molecular flexibility index (Phi) is 4.15. The molecule has 2 heteroatoms. The fraction of sp³-hybridized carbons (Fsp3) is 0.800. The minimum absolute atomic E-state index is 0.222. The third kappa shape index (κ3) is 2.61. The number of hydrogen-bond donors (Lipinski definition) is 0. The van der Waals surface area contributed by atoms with Crippen molar-refractivity contribution in [3.8, 4) is 0 Å². The first-order chi connectivity index (χ1) is 12.9. The van der Waals surface area contributed by atoms with Crippen LogP contribution in [0.5, 0.6) is 0 Å². The zero-order chi connectivity index (χ0) is 18.8. The lowest BCUT2D eigenvalue weighted by atomic mass is 9.44. The van der Waals surface area contributed by atoms with Gasteiger partial charge in [-0.05, 0) is 109 Å². The summed E-state index contributed by atoms with van der Waals surface area (Å²) in [6.07, 6.45) is 14.5. The fourth-order valence-corrected chi connectivity index (χ4v) is 8.59. The zero-order valence-corrected chi connectivity index (χ0v) is 17.4. The van der Waals surface area contributed by atoms with Gasteiger partial charge < -0.3 is 4.42 Å². The molecule has 8 atom stereocenters. The smallest absolute Gasteiger partial charge is 0.335 e.